The first-order chi connectivity index (χ1) is 9.75. The number of rotatable bonds is 2. The van der Waals surface area contributed by atoms with Gasteiger partial charge in [0.1, 0.15) is 11.8 Å². The van der Waals surface area contributed by atoms with Crippen LogP contribution in [0.4, 0.5) is 0 Å². The Morgan fingerprint density at radius 2 is 2.24 bits per heavy atom. The topological polar surface area (TPSA) is 59.6 Å². The second kappa shape index (κ2) is 7.31. The van der Waals surface area contributed by atoms with Crippen molar-refractivity contribution in [3.8, 4) is 5.75 Å². The highest BCUT2D eigenvalue weighted by Gasteiger charge is 2.28. The van der Waals surface area contributed by atoms with Gasteiger partial charge in [0.25, 0.3) is 0 Å². The zero-order chi connectivity index (χ0) is 13.9. The molecule has 2 N–H and O–H groups in total. The number of halogens is 2. The maximum Gasteiger partial charge on any atom is 0.240 e. The molecule has 0 bridgehead atoms. The number of hydrogen-bond donors (Lipinski definition) is 2. The number of morpholine rings is 1. The molecule has 1 amide bonds. The largest absolute Gasteiger partial charge is 0.492 e. The molecular formula is C14H18Cl2N2O3. The van der Waals surface area contributed by atoms with Crippen molar-refractivity contribution < 1.29 is 14.3 Å². The quantitative estimate of drug-likeness (QED) is 0.865. The Kier molecular flexibility index (Phi) is 5.70. The van der Waals surface area contributed by atoms with Gasteiger partial charge >= 0.3 is 0 Å². The van der Waals surface area contributed by atoms with Crippen LogP contribution in [0.5, 0.6) is 5.75 Å². The smallest absolute Gasteiger partial charge is 0.240 e. The van der Waals surface area contributed by atoms with Crippen molar-refractivity contribution in [1.82, 2.24) is 10.6 Å². The van der Waals surface area contributed by atoms with E-state index in [1.807, 2.05) is 12.1 Å². The summed E-state index contributed by atoms with van der Waals surface area (Å²) in [6.07, 6.45) is 0.743. The van der Waals surface area contributed by atoms with Crippen molar-refractivity contribution in [3.05, 3.63) is 28.8 Å². The lowest BCUT2D eigenvalue weighted by Crippen LogP contribution is -2.52. The standard InChI is InChI=1S/C14H17ClN2O3.ClH/c15-10-3-1-2-9-11(4-6-20-13(9)10)17-14(18)12-8-19-7-5-16-12;/h1-3,11-12,16H,4-8H2,(H,17,18);1H. The lowest BCUT2D eigenvalue weighted by Gasteiger charge is -2.30. The summed E-state index contributed by atoms with van der Waals surface area (Å²) in [6, 6.07) is 5.26. The Bertz CT molecular complexity index is 507. The van der Waals surface area contributed by atoms with Gasteiger partial charge in [0, 0.05) is 18.5 Å². The SMILES string of the molecule is Cl.O=C(NC1CCOc2c(Cl)cccc21)C1COCCN1. The molecule has 7 heteroatoms. The number of carbonyl (C=O) groups is 1. The first-order valence-corrected chi connectivity index (χ1v) is 7.16. The molecule has 0 aliphatic carbocycles. The van der Waals surface area contributed by atoms with Crippen LogP contribution in [0.1, 0.15) is 18.0 Å². The van der Waals surface area contributed by atoms with Crippen molar-refractivity contribution >= 4 is 29.9 Å². The Morgan fingerprint density at radius 3 is 3.00 bits per heavy atom. The van der Waals surface area contributed by atoms with Crippen molar-refractivity contribution in [2.75, 3.05) is 26.4 Å². The molecule has 2 atom stereocenters. The van der Waals surface area contributed by atoms with E-state index in [0.29, 0.717) is 37.1 Å². The van der Waals surface area contributed by atoms with E-state index in [4.69, 9.17) is 21.1 Å². The molecule has 21 heavy (non-hydrogen) atoms. The average Bonchev–Trinajstić information content (AvgIpc) is 2.49. The van der Waals surface area contributed by atoms with Crippen LogP contribution in [0.2, 0.25) is 5.02 Å². The second-order valence-electron chi connectivity index (χ2n) is 4.94. The zero-order valence-corrected chi connectivity index (χ0v) is 13.0. The minimum Gasteiger partial charge on any atom is -0.492 e. The minimum atomic E-state index is -0.283. The molecular weight excluding hydrogens is 315 g/mol. The van der Waals surface area contributed by atoms with Gasteiger partial charge in [0.05, 0.1) is 30.9 Å². The van der Waals surface area contributed by atoms with Gasteiger partial charge in [-0.3, -0.25) is 4.79 Å². The second-order valence-corrected chi connectivity index (χ2v) is 5.35. The van der Waals surface area contributed by atoms with E-state index in [9.17, 15) is 4.79 Å². The number of fused-ring (bicyclic) bond motifs is 1. The summed E-state index contributed by atoms with van der Waals surface area (Å²) in [5, 5.41) is 6.79. The molecule has 1 aromatic carbocycles. The van der Waals surface area contributed by atoms with Crippen molar-refractivity contribution in [3.63, 3.8) is 0 Å². The molecule has 1 fully saturated rings. The molecule has 2 unspecified atom stereocenters. The number of nitrogens with one attached hydrogen (secondary N) is 2. The third kappa shape index (κ3) is 3.61. The van der Waals surface area contributed by atoms with Gasteiger partial charge in [-0.25, -0.2) is 0 Å². The first-order valence-electron chi connectivity index (χ1n) is 6.78. The highest BCUT2D eigenvalue weighted by Crippen LogP contribution is 2.37. The molecule has 116 valence electrons. The molecule has 0 radical (unpaired) electrons. The van der Waals surface area contributed by atoms with Crippen LogP contribution in [0.3, 0.4) is 0 Å². The van der Waals surface area contributed by atoms with Gasteiger partial charge in [0.2, 0.25) is 5.91 Å². The van der Waals surface area contributed by atoms with E-state index in [2.05, 4.69) is 10.6 Å². The van der Waals surface area contributed by atoms with Crippen LogP contribution >= 0.6 is 24.0 Å². The number of ether oxygens (including phenoxy) is 2. The summed E-state index contributed by atoms with van der Waals surface area (Å²) in [7, 11) is 0. The number of amides is 1. The van der Waals surface area contributed by atoms with E-state index in [1.165, 1.54) is 0 Å². The lowest BCUT2D eigenvalue weighted by atomic mass is 10.00. The zero-order valence-electron chi connectivity index (χ0n) is 11.4. The number of hydrogen-bond acceptors (Lipinski definition) is 4. The average molecular weight is 333 g/mol. The fourth-order valence-electron chi connectivity index (χ4n) is 2.54. The van der Waals surface area contributed by atoms with Crippen LogP contribution in [0.25, 0.3) is 0 Å². The van der Waals surface area contributed by atoms with Crippen LogP contribution in [0, 0.1) is 0 Å². The van der Waals surface area contributed by atoms with Crippen LogP contribution < -0.4 is 15.4 Å². The predicted molar refractivity (Wildman–Crippen MR) is 82.3 cm³/mol. The van der Waals surface area contributed by atoms with Gasteiger partial charge < -0.3 is 20.1 Å². The molecule has 0 aromatic heterocycles. The van der Waals surface area contributed by atoms with Crippen LogP contribution in [-0.2, 0) is 9.53 Å². The Hall–Kier alpha value is -1.01. The monoisotopic (exact) mass is 332 g/mol. The molecule has 1 aromatic rings. The summed E-state index contributed by atoms with van der Waals surface area (Å²) < 4.78 is 10.9. The van der Waals surface area contributed by atoms with Crippen molar-refractivity contribution in [2.24, 2.45) is 0 Å². The lowest BCUT2D eigenvalue weighted by molar-refractivity contribution is -0.126. The van der Waals surface area contributed by atoms with Crippen molar-refractivity contribution in [1.29, 1.82) is 0 Å². The molecule has 5 nitrogen and oxygen atoms in total. The molecule has 2 aliphatic heterocycles. The molecule has 0 spiro atoms. The molecule has 2 aliphatic rings. The van der Waals surface area contributed by atoms with E-state index in [-0.39, 0.29) is 30.4 Å². The Morgan fingerprint density at radius 1 is 1.38 bits per heavy atom. The third-order valence-electron chi connectivity index (χ3n) is 3.58. The summed E-state index contributed by atoms with van der Waals surface area (Å²) in [4.78, 5) is 12.2. The number of carbonyl (C=O) groups excluding carboxylic acids is 1. The van der Waals surface area contributed by atoms with E-state index in [0.717, 1.165) is 12.0 Å². The highest BCUT2D eigenvalue weighted by molar-refractivity contribution is 6.32. The van der Waals surface area contributed by atoms with Gasteiger partial charge in [0.15, 0.2) is 0 Å². The highest BCUT2D eigenvalue weighted by atomic mass is 35.5. The predicted octanol–water partition coefficient (Wildman–Crippen LogP) is 1.69. The summed E-state index contributed by atoms with van der Waals surface area (Å²) in [5.74, 6) is 0.640. The van der Waals surface area contributed by atoms with Crippen LogP contribution in [0.15, 0.2) is 18.2 Å². The maximum atomic E-state index is 12.2. The van der Waals surface area contributed by atoms with E-state index >= 15 is 0 Å². The maximum absolute atomic E-state index is 12.2. The Labute approximate surface area is 134 Å². The van der Waals surface area contributed by atoms with Crippen LogP contribution in [-0.4, -0.2) is 38.3 Å². The molecule has 1 saturated heterocycles. The summed E-state index contributed by atoms with van der Waals surface area (Å²) >= 11 is 6.12. The third-order valence-corrected chi connectivity index (χ3v) is 3.88. The Balaban J connectivity index is 0.00000161. The van der Waals surface area contributed by atoms with Gasteiger partial charge in [-0.05, 0) is 6.07 Å². The molecule has 2 heterocycles. The summed E-state index contributed by atoms with van der Waals surface area (Å²) in [6.45, 7) is 2.32. The fourth-order valence-corrected chi connectivity index (χ4v) is 2.78. The van der Waals surface area contributed by atoms with Crippen molar-refractivity contribution in [2.45, 2.75) is 18.5 Å². The minimum absolute atomic E-state index is 0. The molecule has 3 rings (SSSR count). The van der Waals surface area contributed by atoms with E-state index in [1.54, 1.807) is 6.07 Å². The fraction of sp³-hybridized carbons (Fsp3) is 0.500. The normalized spacial score (nSPS) is 24.2. The number of benzene rings is 1. The van der Waals surface area contributed by atoms with Gasteiger partial charge in [-0.15, -0.1) is 12.4 Å². The van der Waals surface area contributed by atoms with Gasteiger partial charge in [-0.1, -0.05) is 23.7 Å². The number of para-hydroxylation sites is 1. The summed E-state index contributed by atoms with van der Waals surface area (Å²) in [5.41, 5.74) is 0.939. The first kappa shape index (κ1) is 16.4. The molecule has 0 saturated carbocycles. The van der Waals surface area contributed by atoms with Gasteiger partial charge in [-0.2, -0.15) is 0 Å². The van der Waals surface area contributed by atoms with E-state index < -0.39 is 0 Å².